The number of benzene rings is 1. The van der Waals surface area contributed by atoms with Crippen molar-refractivity contribution in [2.75, 3.05) is 11.9 Å². The van der Waals surface area contributed by atoms with Crippen LogP contribution in [0.25, 0.3) is 0 Å². The van der Waals surface area contributed by atoms with Gasteiger partial charge < -0.3 is 10.2 Å². The SMILES string of the molecule is CCc1cccc(CC)c1NC(=O)CN(C(C)=O)C1CCCCC1. The van der Waals surface area contributed by atoms with Crippen LogP contribution in [0, 0.1) is 0 Å². The third kappa shape index (κ3) is 4.59. The second-order valence-electron chi connectivity index (χ2n) is 6.65. The molecule has 1 aromatic carbocycles. The van der Waals surface area contributed by atoms with Crippen molar-refractivity contribution < 1.29 is 9.59 Å². The zero-order valence-corrected chi connectivity index (χ0v) is 15.2. The minimum atomic E-state index is -0.0913. The van der Waals surface area contributed by atoms with Crippen LogP contribution in [0.2, 0.25) is 0 Å². The average Bonchev–Trinajstić information content (AvgIpc) is 2.60. The van der Waals surface area contributed by atoms with Gasteiger partial charge in [0.2, 0.25) is 11.8 Å². The minimum Gasteiger partial charge on any atom is -0.331 e. The van der Waals surface area contributed by atoms with Crippen LogP contribution in [-0.4, -0.2) is 29.3 Å². The van der Waals surface area contributed by atoms with Crippen LogP contribution in [0.1, 0.15) is 64.0 Å². The Hall–Kier alpha value is -1.84. The van der Waals surface area contributed by atoms with Crippen LogP contribution in [-0.2, 0) is 22.4 Å². The average molecular weight is 330 g/mol. The highest BCUT2D eigenvalue weighted by molar-refractivity contribution is 5.95. The molecule has 1 fully saturated rings. The molecule has 0 heterocycles. The molecule has 1 N–H and O–H groups in total. The van der Waals surface area contributed by atoms with Crippen molar-refractivity contribution >= 4 is 17.5 Å². The number of carbonyl (C=O) groups excluding carboxylic acids is 2. The molecule has 2 rings (SSSR count). The molecule has 0 aromatic heterocycles. The smallest absolute Gasteiger partial charge is 0.244 e. The first-order valence-corrected chi connectivity index (χ1v) is 9.24. The molecular weight excluding hydrogens is 300 g/mol. The van der Waals surface area contributed by atoms with Crippen molar-refractivity contribution in [3.63, 3.8) is 0 Å². The Morgan fingerprint density at radius 3 is 2.17 bits per heavy atom. The Labute approximate surface area is 145 Å². The molecular formula is C20H30N2O2. The molecule has 24 heavy (non-hydrogen) atoms. The predicted molar refractivity (Wildman–Crippen MR) is 98.1 cm³/mol. The Bertz CT molecular complexity index is 555. The van der Waals surface area contributed by atoms with E-state index in [1.165, 1.54) is 6.42 Å². The Morgan fingerprint density at radius 1 is 1.08 bits per heavy atom. The molecule has 0 unspecified atom stereocenters. The van der Waals surface area contributed by atoms with Crippen molar-refractivity contribution in [1.29, 1.82) is 0 Å². The summed E-state index contributed by atoms with van der Waals surface area (Å²) in [4.78, 5) is 26.4. The monoisotopic (exact) mass is 330 g/mol. The second kappa shape index (κ2) is 8.86. The number of para-hydroxylation sites is 1. The minimum absolute atomic E-state index is 0.00320. The largest absolute Gasteiger partial charge is 0.331 e. The van der Waals surface area contributed by atoms with Crippen molar-refractivity contribution in [2.45, 2.75) is 71.8 Å². The fourth-order valence-corrected chi connectivity index (χ4v) is 3.63. The molecule has 132 valence electrons. The maximum atomic E-state index is 12.6. The van der Waals surface area contributed by atoms with Gasteiger partial charge in [-0.25, -0.2) is 0 Å². The van der Waals surface area contributed by atoms with E-state index in [4.69, 9.17) is 0 Å². The Balaban J connectivity index is 2.10. The van der Waals surface area contributed by atoms with Gasteiger partial charge in [0.05, 0.1) is 0 Å². The molecule has 0 radical (unpaired) electrons. The van der Waals surface area contributed by atoms with Gasteiger partial charge in [0.25, 0.3) is 0 Å². The normalized spacial score (nSPS) is 15.1. The van der Waals surface area contributed by atoms with Gasteiger partial charge in [0, 0.05) is 18.7 Å². The number of carbonyl (C=O) groups is 2. The highest BCUT2D eigenvalue weighted by Gasteiger charge is 2.25. The molecule has 4 nitrogen and oxygen atoms in total. The molecule has 0 saturated heterocycles. The summed E-state index contributed by atoms with van der Waals surface area (Å²) in [5, 5.41) is 3.07. The van der Waals surface area contributed by atoms with E-state index in [1.807, 2.05) is 6.07 Å². The maximum Gasteiger partial charge on any atom is 0.244 e. The van der Waals surface area contributed by atoms with Crippen LogP contribution in [0.5, 0.6) is 0 Å². The molecule has 0 atom stereocenters. The Kier molecular flexibility index (Phi) is 6.83. The van der Waals surface area contributed by atoms with Gasteiger partial charge in [0.15, 0.2) is 0 Å². The van der Waals surface area contributed by atoms with E-state index in [0.29, 0.717) is 0 Å². The highest BCUT2D eigenvalue weighted by atomic mass is 16.2. The van der Waals surface area contributed by atoms with Crippen molar-refractivity contribution in [2.24, 2.45) is 0 Å². The van der Waals surface area contributed by atoms with Gasteiger partial charge in [-0.1, -0.05) is 51.3 Å². The first-order valence-electron chi connectivity index (χ1n) is 9.24. The number of amides is 2. The summed E-state index contributed by atoms with van der Waals surface area (Å²) in [6.45, 7) is 5.91. The van der Waals surface area contributed by atoms with E-state index >= 15 is 0 Å². The zero-order valence-electron chi connectivity index (χ0n) is 15.2. The number of anilines is 1. The summed E-state index contributed by atoms with van der Waals surface area (Å²) in [6, 6.07) is 6.36. The van der Waals surface area contributed by atoms with Crippen molar-refractivity contribution in [1.82, 2.24) is 4.90 Å². The van der Waals surface area contributed by atoms with Crippen LogP contribution in [0.3, 0.4) is 0 Å². The molecule has 4 heteroatoms. The summed E-state index contributed by atoms with van der Waals surface area (Å²) in [7, 11) is 0. The number of hydrogen-bond acceptors (Lipinski definition) is 2. The highest BCUT2D eigenvalue weighted by Crippen LogP contribution is 2.24. The lowest BCUT2D eigenvalue weighted by molar-refractivity contribution is -0.135. The fraction of sp³-hybridized carbons (Fsp3) is 0.600. The number of aryl methyl sites for hydroxylation is 2. The predicted octanol–water partition coefficient (Wildman–Crippen LogP) is 3.93. The van der Waals surface area contributed by atoms with E-state index in [9.17, 15) is 9.59 Å². The molecule has 2 amide bonds. The summed E-state index contributed by atoms with van der Waals surface area (Å²) in [5.41, 5.74) is 3.23. The maximum absolute atomic E-state index is 12.6. The number of rotatable bonds is 6. The van der Waals surface area contributed by atoms with Crippen molar-refractivity contribution in [3.05, 3.63) is 29.3 Å². The van der Waals surface area contributed by atoms with Crippen LogP contribution >= 0.6 is 0 Å². The van der Waals surface area contributed by atoms with Gasteiger partial charge in [-0.3, -0.25) is 9.59 Å². The Morgan fingerprint density at radius 2 is 1.67 bits per heavy atom. The van der Waals surface area contributed by atoms with Crippen LogP contribution in [0.15, 0.2) is 18.2 Å². The lowest BCUT2D eigenvalue weighted by Gasteiger charge is -2.33. The number of hydrogen-bond donors (Lipinski definition) is 1. The summed E-state index contributed by atoms with van der Waals surface area (Å²) in [6.07, 6.45) is 7.31. The topological polar surface area (TPSA) is 49.4 Å². The standard InChI is InChI=1S/C20H30N2O2/c1-4-16-10-9-11-17(5-2)20(16)21-19(24)14-22(15(3)23)18-12-7-6-8-13-18/h9-11,18H,4-8,12-14H2,1-3H3,(H,21,24). The second-order valence-corrected chi connectivity index (χ2v) is 6.65. The molecule has 1 saturated carbocycles. The fourth-order valence-electron chi connectivity index (χ4n) is 3.63. The zero-order chi connectivity index (χ0) is 17.5. The van der Waals surface area contributed by atoms with Crippen LogP contribution < -0.4 is 5.32 Å². The summed E-state index contributed by atoms with van der Waals surface area (Å²) >= 11 is 0. The third-order valence-corrected chi connectivity index (χ3v) is 5.00. The van der Waals surface area contributed by atoms with Crippen molar-refractivity contribution in [3.8, 4) is 0 Å². The molecule has 1 aliphatic carbocycles. The lowest BCUT2D eigenvalue weighted by atomic mass is 9.94. The van der Waals surface area contributed by atoms with E-state index in [2.05, 4.69) is 31.3 Å². The molecule has 1 aromatic rings. The number of nitrogens with one attached hydrogen (secondary N) is 1. The molecule has 0 bridgehead atoms. The quantitative estimate of drug-likeness (QED) is 0.859. The first kappa shape index (κ1) is 18.5. The third-order valence-electron chi connectivity index (χ3n) is 5.00. The van der Waals surface area contributed by atoms with Gasteiger partial charge in [0.1, 0.15) is 6.54 Å². The van der Waals surface area contributed by atoms with Gasteiger partial charge in [-0.15, -0.1) is 0 Å². The van der Waals surface area contributed by atoms with Gasteiger partial charge >= 0.3 is 0 Å². The van der Waals surface area contributed by atoms with Gasteiger partial charge in [-0.2, -0.15) is 0 Å². The summed E-state index contributed by atoms with van der Waals surface area (Å²) < 4.78 is 0. The van der Waals surface area contributed by atoms with Gasteiger partial charge in [-0.05, 0) is 36.8 Å². The van der Waals surface area contributed by atoms with E-state index < -0.39 is 0 Å². The summed E-state index contributed by atoms with van der Waals surface area (Å²) in [5.74, 6) is -0.0945. The number of nitrogens with zero attached hydrogens (tertiary/aromatic N) is 1. The van der Waals surface area contributed by atoms with E-state index in [1.54, 1.807) is 11.8 Å². The van der Waals surface area contributed by atoms with E-state index in [-0.39, 0.29) is 24.4 Å². The van der Waals surface area contributed by atoms with E-state index in [0.717, 1.165) is 55.3 Å². The van der Waals surface area contributed by atoms with Crippen LogP contribution in [0.4, 0.5) is 5.69 Å². The lowest BCUT2D eigenvalue weighted by Crippen LogP contribution is -2.44. The molecule has 1 aliphatic rings. The first-order chi connectivity index (χ1) is 11.6. The molecule has 0 spiro atoms. The molecule has 0 aliphatic heterocycles.